The molecule has 118 valence electrons. The first-order valence-electron chi connectivity index (χ1n) is 8.21. The predicted molar refractivity (Wildman–Crippen MR) is 90.6 cm³/mol. The molecule has 1 N–H and O–H groups in total. The van der Waals surface area contributed by atoms with Crippen LogP contribution in [0.25, 0.3) is 0 Å². The van der Waals surface area contributed by atoms with Gasteiger partial charge in [-0.05, 0) is 61.4 Å². The van der Waals surface area contributed by atoms with E-state index in [0.717, 1.165) is 35.3 Å². The van der Waals surface area contributed by atoms with Gasteiger partial charge in [-0.1, -0.05) is 38.3 Å². The van der Waals surface area contributed by atoms with Gasteiger partial charge in [0.05, 0.1) is 0 Å². The van der Waals surface area contributed by atoms with Gasteiger partial charge in [0.2, 0.25) is 0 Å². The largest absolute Gasteiger partial charge is 0.492 e. The summed E-state index contributed by atoms with van der Waals surface area (Å²) < 4.78 is 5.98. The van der Waals surface area contributed by atoms with Crippen LogP contribution in [0.3, 0.4) is 0 Å². The molecule has 0 spiro atoms. The Hall–Kier alpha value is -0.730. The minimum absolute atomic E-state index is 0.421. The highest BCUT2D eigenvalue weighted by atomic mass is 35.5. The third kappa shape index (κ3) is 4.89. The third-order valence-corrected chi connectivity index (χ3v) is 4.76. The highest BCUT2D eigenvalue weighted by molar-refractivity contribution is 6.31. The van der Waals surface area contributed by atoms with E-state index >= 15 is 0 Å². The quantitative estimate of drug-likeness (QED) is 0.721. The molecule has 1 aromatic rings. The fraction of sp³-hybridized carbons (Fsp3) is 0.667. The van der Waals surface area contributed by atoms with E-state index in [1.54, 1.807) is 0 Å². The van der Waals surface area contributed by atoms with Crippen LogP contribution in [0, 0.1) is 12.8 Å². The van der Waals surface area contributed by atoms with Crippen LogP contribution in [0.4, 0.5) is 0 Å². The lowest BCUT2D eigenvalue weighted by Crippen LogP contribution is -2.26. The minimum atomic E-state index is 0.421. The summed E-state index contributed by atoms with van der Waals surface area (Å²) in [5.41, 5.74) is 2.27. The number of hydrogen-bond donors (Lipinski definition) is 1. The van der Waals surface area contributed by atoms with Crippen molar-refractivity contribution in [2.45, 2.75) is 52.4 Å². The van der Waals surface area contributed by atoms with E-state index in [1.807, 2.05) is 13.0 Å². The molecule has 2 rings (SSSR count). The number of nitrogens with one attached hydrogen (secondary N) is 1. The van der Waals surface area contributed by atoms with Gasteiger partial charge in [0, 0.05) is 11.6 Å². The zero-order chi connectivity index (χ0) is 15.2. The maximum absolute atomic E-state index is 6.22. The Kier molecular flexibility index (Phi) is 6.38. The van der Waals surface area contributed by atoms with E-state index in [-0.39, 0.29) is 0 Å². The highest BCUT2D eigenvalue weighted by Crippen LogP contribution is 2.31. The topological polar surface area (TPSA) is 21.3 Å². The van der Waals surface area contributed by atoms with E-state index in [1.165, 1.54) is 31.2 Å². The van der Waals surface area contributed by atoms with E-state index < -0.39 is 0 Å². The molecule has 0 saturated heterocycles. The Labute approximate surface area is 134 Å². The molecular weight excluding hydrogens is 282 g/mol. The Morgan fingerprint density at radius 1 is 1.29 bits per heavy atom. The number of aryl methyl sites for hydroxylation is 1. The Balaban J connectivity index is 1.80. The van der Waals surface area contributed by atoms with Gasteiger partial charge in [-0.2, -0.15) is 0 Å². The molecule has 0 amide bonds. The monoisotopic (exact) mass is 309 g/mol. The molecular formula is C18H28ClNO. The lowest BCUT2D eigenvalue weighted by molar-refractivity contribution is 0.305. The SMILES string of the molecule is Cc1cc(OCCNCC2CCCC2)c(C(C)C)cc1Cl. The first-order chi connectivity index (χ1) is 10.1. The molecule has 0 radical (unpaired) electrons. The minimum Gasteiger partial charge on any atom is -0.492 e. The lowest BCUT2D eigenvalue weighted by Gasteiger charge is -2.16. The average molecular weight is 310 g/mol. The standard InChI is InChI=1S/C18H28ClNO/c1-13(2)16-11-17(19)14(3)10-18(16)21-9-8-20-12-15-6-4-5-7-15/h10-11,13,15,20H,4-9,12H2,1-3H3. The van der Waals surface area contributed by atoms with Crippen LogP contribution in [0.1, 0.15) is 56.6 Å². The van der Waals surface area contributed by atoms with Gasteiger partial charge in [-0.15, -0.1) is 0 Å². The van der Waals surface area contributed by atoms with Gasteiger partial charge in [0.25, 0.3) is 0 Å². The molecule has 3 heteroatoms. The second kappa shape index (κ2) is 8.05. The van der Waals surface area contributed by atoms with Gasteiger partial charge < -0.3 is 10.1 Å². The molecule has 0 aliphatic heterocycles. The van der Waals surface area contributed by atoms with E-state index in [9.17, 15) is 0 Å². The molecule has 0 atom stereocenters. The number of hydrogen-bond acceptors (Lipinski definition) is 2. The summed E-state index contributed by atoms with van der Waals surface area (Å²) in [7, 11) is 0. The summed E-state index contributed by atoms with van der Waals surface area (Å²) in [5.74, 6) is 2.29. The molecule has 21 heavy (non-hydrogen) atoms. The normalized spacial score (nSPS) is 15.9. The second-order valence-electron chi connectivity index (χ2n) is 6.50. The molecule has 0 aromatic heterocycles. The van der Waals surface area contributed by atoms with Gasteiger partial charge in [0.1, 0.15) is 12.4 Å². The van der Waals surface area contributed by atoms with Crippen LogP contribution in [-0.4, -0.2) is 19.7 Å². The van der Waals surface area contributed by atoms with Crippen molar-refractivity contribution in [1.82, 2.24) is 5.32 Å². The third-order valence-electron chi connectivity index (χ3n) is 4.36. The predicted octanol–water partition coefficient (Wildman–Crippen LogP) is 4.93. The number of halogens is 1. The first kappa shape index (κ1) is 16.6. The molecule has 1 aliphatic rings. The molecule has 1 aromatic carbocycles. The van der Waals surface area contributed by atoms with E-state index in [2.05, 4.69) is 25.2 Å². The summed E-state index contributed by atoms with van der Waals surface area (Å²) in [4.78, 5) is 0. The second-order valence-corrected chi connectivity index (χ2v) is 6.90. The summed E-state index contributed by atoms with van der Waals surface area (Å²) in [6.45, 7) is 9.14. The molecule has 1 saturated carbocycles. The van der Waals surface area contributed by atoms with Gasteiger partial charge in [-0.25, -0.2) is 0 Å². The number of benzene rings is 1. The van der Waals surface area contributed by atoms with Crippen molar-refractivity contribution in [2.24, 2.45) is 5.92 Å². The molecule has 2 nitrogen and oxygen atoms in total. The Morgan fingerprint density at radius 3 is 2.67 bits per heavy atom. The van der Waals surface area contributed by atoms with Crippen LogP contribution in [0.15, 0.2) is 12.1 Å². The maximum atomic E-state index is 6.22. The van der Waals surface area contributed by atoms with Crippen molar-refractivity contribution >= 4 is 11.6 Å². The number of rotatable bonds is 7. The Morgan fingerprint density at radius 2 is 2.00 bits per heavy atom. The average Bonchev–Trinajstić information content (AvgIpc) is 2.95. The van der Waals surface area contributed by atoms with Crippen LogP contribution in [0.5, 0.6) is 5.75 Å². The maximum Gasteiger partial charge on any atom is 0.123 e. The van der Waals surface area contributed by atoms with Crippen molar-refractivity contribution in [3.63, 3.8) is 0 Å². The zero-order valence-corrected chi connectivity index (χ0v) is 14.3. The van der Waals surface area contributed by atoms with Gasteiger partial charge in [0.15, 0.2) is 0 Å². The lowest BCUT2D eigenvalue weighted by atomic mass is 10.0. The smallest absolute Gasteiger partial charge is 0.123 e. The summed E-state index contributed by atoms with van der Waals surface area (Å²) in [6, 6.07) is 4.11. The van der Waals surface area contributed by atoms with Crippen molar-refractivity contribution in [1.29, 1.82) is 0 Å². The van der Waals surface area contributed by atoms with Crippen LogP contribution in [-0.2, 0) is 0 Å². The first-order valence-corrected chi connectivity index (χ1v) is 8.59. The molecule has 0 bridgehead atoms. The molecule has 1 fully saturated rings. The molecule has 0 heterocycles. The fourth-order valence-corrected chi connectivity index (χ4v) is 3.17. The van der Waals surface area contributed by atoms with Gasteiger partial charge in [-0.3, -0.25) is 0 Å². The van der Waals surface area contributed by atoms with Crippen LogP contribution in [0.2, 0.25) is 5.02 Å². The van der Waals surface area contributed by atoms with Crippen LogP contribution >= 0.6 is 11.6 Å². The van der Waals surface area contributed by atoms with Crippen molar-refractivity contribution in [3.05, 3.63) is 28.3 Å². The molecule has 0 unspecified atom stereocenters. The summed E-state index contributed by atoms with van der Waals surface area (Å²) in [5, 5.41) is 4.35. The van der Waals surface area contributed by atoms with E-state index in [0.29, 0.717) is 12.5 Å². The zero-order valence-electron chi connectivity index (χ0n) is 13.5. The summed E-state index contributed by atoms with van der Waals surface area (Å²) >= 11 is 6.22. The van der Waals surface area contributed by atoms with Crippen molar-refractivity contribution in [2.75, 3.05) is 19.7 Å². The molecule has 1 aliphatic carbocycles. The van der Waals surface area contributed by atoms with Crippen molar-refractivity contribution < 1.29 is 4.74 Å². The summed E-state index contributed by atoms with van der Waals surface area (Å²) in [6.07, 6.45) is 5.60. The van der Waals surface area contributed by atoms with Gasteiger partial charge >= 0.3 is 0 Å². The number of ether oxygens (including phenoxy) is 1. The Bertz CT molecular complexity index is 453. The van der Waals surface area contributed by atoms with E-state index in [4.69, 9.17) is 16.3 Å². The van der Waals surface area contributed by atoms with Crippen LogP contribution < -0.4 is 10.1 Å². The highest BCUT2D eigenvalue weighted by Gasteiger charge is 2.14. The van der Waals surface area contributed by atoms with Crippen molar-refractivity contribution in [3.8, 4) is 5.75 Å². The fourth-order valence-electron chi connectivity index (χ4n) is 3.00.